The average Bonchev–Trinajstić information content (AvgIpc) is 2.68. The van der Waals surface area contributed by atoms with E-state index in [1.807, 2.05) is 44.2 Å². The summed E-state index contributed by atoms with van der Waals surface area (Å²) in [7, 11) is -3.61. The van der Waals surface area contributed by atoms with Crippen LogP contribution in [0.5, 0.6) is 5.75 Å². The van der Waals surface area contributed by atoms with Crippen molar-refractivity contribution in [2.45, 2.75) is 38.5 Å². The lowest BCUT2D eigenvalue weighted by atomic mass is 9.98. The number of hydrogen-bond donors (Lipinski definition) is 0. The lowest BCUT2D eigenvalue weighted by Crippen LogP contribution is -2.48. The molecular formula is C22H30N2O3S. The number of ether oxygens (including phenoxy) is 1. The second-order valence-corrected chi connectivity index (χ2v) is 9.38. The van der Waals surface area contributed by atoms with Crippen molar-refractivity contribution in [1.82, 2.24) is 4.31 Å². The number of sulfonamides is 1. The molecule has 0 atom stereocenters. The fourth-order valence-electron chi connectivity index (χ4n) is 3.73. The first-order valence-corrected chi connectivity index (χ1v) is 11.4. The number of rotatable bonds is 6. The number of benzene rings is 2. The fraction of sp³-hybridized carbons (Fsp3) is 0.455. The largest absolute Gasteiger partial charge is 0.492 e. The molecule has 0 spiro atoms. The van der Waals surface area contributed by atoms with E-state index in [9.17, 15) is 8.42 Å². The number of aryl methyl sites for hydroxylation is 1. The second kappa shape index (κ2) is 8.53. The summed E-state index contributed by atoms with van der Waals surface area (Å²) in [5, 5.41) is 0. The van der Waals surface area contributed by atoms with Gasteiger partial charge >= 0.3 is 0 Å². The molecule has 152 valence electrons. The van der Waals surface area contributed by atoms with Crippen LogP contribution < -0.4 is 9.64 Å². The van der Waals surface area contributed by atoms with E-state index in [0.717, 1.165) is 16.8 Å². The summed E-state index contributed by atoms with van der Waals surface area (Å²) < 4.78 is 34.2. The molecule has 1 aliphatic heterocycles. The molecule has 1 saturated heterocycles. The Hall–Kier alpha value is -2.05. The maximum Gasteiger partial charge on any atom is 0.246 e. The topological polar surface area (TPSA) is 49.9 Å². The quantitative estimate of drug-likeness (QED) is 0.732. The lowest BCUT2D eigenvalue weighted by molar-refractivity contribution is 0.327. The van der Waals surface area contributed by atoms with Gasteiger partial charge in [0.15, 0.2) is 0 Å². The zero-order valence-electron chi connectivity index (χ0n) is 17.2. The molecule has 3 rings (SSSR count). The third-order valence-corrected chi connectivity index (χ3v) is 7.15. The van der Waals surface area contributed by atoms with Gasteiger partial charge in [0.2, 0.25) is 10.0 Å². The first-order valence-electron chi connectivity index (χ1n) is 9.92. The summed E-state index contributed by atoms with van der Waals surface area (Å²) in [6.45, 7) is 10.8. The molecule has 2 aromatic carbocycles. The Kier molecular flexibility index (Phi) is 6.30. The molecule has 0 N–H and O–H groups in total. The molecule has 5 nitrogen and oxygen atoms in total. The van der Waals surface area contributed by atoms with E-state index in [1.54, 1.807) is 4.31 Å². The van der Waals surface area contributed by atoms with E-state index < -0.39 is 10.0 Å². The highest BCUT2D eigenvalue weighted by Crippen LogP contribution is 2.33. The van der Waals surface area contributed by atoms with E-state index in [2.05, 4.69) is 30.9 Å². The molecule has 1 fully saturated rings. The van der Waals surface area contributed by atoms with Gasteiger partial charge < -0.3 is 9.64 Å². The van der Waals surface area contributed by atoms with Crippen LogP contribution in [0.2, 0.25) is 0 Å². The molecule has 2 aromatic rings. The Morgan fingerprint density at radius 2 is 1.68 bits per heavy atom. The number of nitrogens with zero attached hydrogens (tertiary/aromatic N) is 2. The van der Waals surface area contributed by atoms with Gasteiger partial charge in [-0.25, -0.2) is 8.42 Å². The van der Waals surface area contributed by atoms with Crippen molar-refractivity contribution < 1.29 is 13.2 Å². The SMILES string of the molecule is CCOc1cc(C)c(C(C)C)cc1S(=O)(=O)N1CCN(c2ccccc2)CC1. The smallest absolute Gasteiger partial charge is 0.246 e. The summed E-state index contributed by atoms with van der Waals surface area (Å²) in [6, 6.07) is 13.8. The molecule has 0 amide bonds. The number of anilines is 1. The van der Waals surface area contributed by atoms with Crippen LogP contribution in [-0.4, -0.2) is 45.5 Å². The highest BCUT2D eigenvalue weighted by atomic mass is 32.2. The third-order valence-electron chi connectivity index (χ3n) is 5.23. The summed E-state index contributed by atoms with van der Waals surface area (Å²) in [6.07, 6.45) is 0. The van der Waals surface area contributed by atoms with E-state index in [-0.39, 0.29) is 10.8 Å². The summed E-state index contributed by atoms with van der Waals surface area (Å²) >= 11 is 0. The van der Waals surface area contributed by atoms with Gasteiger partial charge in [-0.3, -0.25) is 0 Å². The summed E-state index contributed by atoms with van der Waals surface area (Å²) in [5.74, 6) is 0.703. The highest BCUT2D eigenvalue weighted by molar-refractivity contribution is 7.89. The Morgan fingerprint density at radius 1 is 1.04 bits per heavy atom. The van der Waals surface area contributed by atoms with Crippen LogP contribution in [-0.2, 0) is 10.0 Å². The molecule has 6 heteroatoms. The van der Waals surface area contributed by atoms with E-state index >= 15 is 0 Å². The van der Waals surface area contributed by atoms with Crippen LogP contribution in [0.4, 0.5) is 5.69 Å². The highest BCUT2D eigenvalue weighted by Gasteiger charge is 2.32. The van der Waals surface area contributed by atoms with Crippen LogP contribution >= 0.6 is 0 Å². The fourth-order valence-corrected chi connectivity index (χ4v) is 5.30. The average molecular weight is 403 g/mol. The predicted octanol–water partition coefficient (Wildman–Crippen LogP) is 4.03. The van der Waals surface area contributed by atoms with Crippen LogP contribution in [0, 0.1) is 6.92 Å². The first kappa shape index (κ1) is 20.7. The number of hydrogen-bond acceptors (Lipinski definition) is 4. The monoisotopic (exact) mass is 402 g/mol. The molecule has 0 radical (unpaired) electrons. The van der Waals surface area contributed by atoms with Gasteiger partial charge in [-0.15, -0.1) is 0 Å². The molecule has 1 aliphatic rings. The first-order chi connectivity index (χ1) is 13.3. The third kappa shape index (κ3) is 4.18. The molecule has 0 aromatic heterocycles. The Bertz CT molecular complexity index is 903. The molecule has 0 saturated carbocycles. The van der Waals surface area contributed by atoms with Crippen LogP contribution in [0.25, 0.3) is 0 Å². The molecule has 1 heterocycles. The van der Waals surface area contributed by atoms with Crippen LogP contribution in [0.1, 0.15) is 37.8 Å². The van der Waals surface area contributed by atoms with Crippen molar-refractivity contribution in [1.29, 1.82) is 0 Å². The summed E-state index contributed by atoms with van der Waals surface area (Å²) in [5.41, 5.74) is 3.24. The van der Waals surface area contributed by atoms with Crippen LogP contribution in [0.3, 0.4) is 0 Å². The molecule has 28 heavy (non-hydrogen) atoms. The van der Waals surface area contributed by atoms with Gasteiger partial charge in [-0.05, 0) is 55.2 Å². The Balaban J connectivity index is 1.87. The Morgan fingerprint density at radius 3 is 2.25 bits per heavy atom. The van der Waals surface area contributed by atoms with Gasteiger partial charge in [-0.2, -0.15) is 4.31 Å². The second-order valence-electron chi connectivity index (χ2n) is 7.47. The standard InChI is InChI=1S/C22H30N2O3S/c1-5-27-21-15-18(4)20(17(2)3)16-22(21)28(25,26)24-13-11-23(12-14-24)19-9-7-6-8-10-19/h6-10,15-17H,5,11-14H2,1-4H3. The molecular weight excluding hydrogens is 372 g/mol. The van der Waals surface area contributed by atoms with Crippen molar-refractivity contribution in [3.05, 3.63) is 53.6 Å². The molecule has 0 bridgehead atoms. The normalized spacial score (nSPS) is 15.8. The van der Waals surface area contributed by atoms with Crippen molar-refractivity contribution in [2.75, 3.05) is 37.7 Å². The van der Waals surface area contributed by atoms with Crippen molar-refractivity contribution >= 4 is 15.7 Å². The van der Waals surface area contributed by atoms with E-state index in [4.69, 9.17) is 4.74 Å². The lowest BCUT2D eigenvalue weighted by Gasteiger charge is -2.35. The van der Waals surface area contributed by atoms with Crippen molar-refractivity contribution in [2.24, 2.45) is 0 Å². The van der Waals surface area contributed by atoms with Gasteiger partial charge in [0.05, 0.1) is 6.61 Å². The van der Waals surface area contributed by atoms with Crippen molar-refractivity contribution in [3.8, 4) is 5.75 Å². The molecule has 0 unspecified atom stereocenters. The zero-order valence-corrected chi connectivity index (χ0v) is 18.0. The minimum Gasteiger partial charge on any atom is -0.492 e. The minimum absolute atomic E-state index is 0.250. The predicted molar refractivity (Wildman–Crippen MR) is 114 cm³/mol. The minimum atomic E-state index is -3.61. The van der Waals surface area contributed by atoms with E-state index in [1.165, 1.54) is 0 Å². The van der Waals surface area contributed by atoms with Crippen molar-refractivity contribution in [3.63, 3.8) is 0 Å². The number of para-hydroxylation sites is 1. The van der Waals surface area contributed by atoms with Gasteiger partial charge in [0.25, 0.3) is 0 Å². The van der Waals surface area contributed by atoms with E-state index in [0.29, 0.717) is 38.5 Å². The summed E-state index contributed by atoms with van der Waals surface area (Å²) in [4.78, 5) is 2.52. The zero-order chi connectivity index (χ0) is 20.3. The maximum atomic E-state index is 13.4. The van der Waals surface area contributed by atoms with Gasteiger partial charge in [0, 0.05) is 31.9 Å². The number of piperazine rings is 1. The van der Waals surface area contributed by atoms with Crippen LogP contribution in [0.15, 0.2) is 47.4 Å². The van der Waals surface area contributed by atoms with Gasteiger partial charge in [0.1, 0.15) is 10.6 Å². The maximum absolute atomic E-state index is 13.4. The Labute approximate surface area is 169 Å². The molecule has 0 aliphatic carbocycles. The van der Waals surface area contributed by atoms with Gasteiger partial charge in [-0.1, -0.05) is 32.0 Å².